The van der Waals surface area contributed by atoms with E-state index in [0.29, 0.717) is 13.2 Å². The summed E-state index contributed by atoms with van der Waals surface area (Å²) in [5.41, 5.74) is -5.37. The fraction of sp³-hybridized carbons (Fsp3) is 0.333. The number of benzene rings is 2. The highest BCUT2D eigenvalue weighted by atomic mass is 32.2. The van der Waals surface area contributed by atoms with E-state index in [4.69, 9.17) is 9.47 Å². The third-order valence-electron chi connectivity index (χ3n) is 6.01. The van der Waals surface area contributed by atoms with Gasteiger partial charge < -0.3 is 14.6 Å². The van der Waals surface area contributed by atoms with Gasteiger partial charge in [-0.1, -0.05) is 43.4 Å². The van der Waals surface area contributed by atoms with Gasteiger partial charge in [-0.25, -0.2) is 18.4 Å². The van der Waals surface area contributed by atoms with Gasteiger partial charge in [0.1, 0.15) is 29.9 Å². The van der Waals surface area contributed by atoms with Crippen molar-refractivity contribution in [3.63, 3.8) is 0 Å². The molecule has 0 bridgehead atoms. The topological polar surface area (TPSA) is 69.4 Å². The zero-order valence-corrected chi connectivity index (χ0v) is 22.8. The lowest BCUT2D eigenvalue weighted by molar-refractivity contribution is -0.146. The van der Waals surface area contributed by atoms with Gasteiger partial charge in [-0.05, 0) is 41.6 Å². The first-order chi connectivity index (χ1) is 19.0. The van der Waals surface area contributed by atoms with Crippen molar-refractivity contribution >= 4 is 29.6 Å². The number of alkyl halides is 3. The van der Waals surface area contributed by atoms with Gasteiger partial charge in [0.25, 0.3) is 0 Å². The summed E-state index contributed by atoms with van der Waals surface area (Å²) in [6, 6.07) is 9.07. The van der Waals surface area contributed by atoms with Gasteiger partial charge in [0, 0.05) is 21.8 Å². The van der Waals surface area contributed by atoms with Crippen molar-refractivity contribution in [3.8, 4) is 0 Å². The van der Waals surface area contributed by atoms with Gasteiger partial charge in [-0.15, -0.1) is 11.8 Å². The summed E-state index contributed by atoms with van der Waals surface area (Å²) < 4.78 is 78.5. The fourth-order valence-electron chi connectivity index (χ4n) is 4.03. The SMILES string of the molecule is CC(SC1COC(/C=C/C=C/c2ccc(SC(F)(F)F)cc2)OC1)C(O)(Cn1cncn1)c1ccc(F)cc1F. The molecule has 2 unspecified atom stereocenters. The molecule has 0 aliphatic carbocycles. The van der Waals surface area contributed by atoms with E-state index in [9.17, 15) is 27.1 Å². The molecule has 4 rings (SSSR count). The van der Waals surface area contributed by atoms with Gasteiger partial charge in [-0.2, -0.15) is 18.3 Å². The lowest BCUT2D eigenvalue weighted by Crippen LogP contribution is -2.43. The van der Waals surface area contributed by atoms with E-state index < -0.39 is 34.3 Å². The lowest BCUT2D eigenvalue weighted by atomic mass is 9.90. The normalized spacial score (nSPS) is 20.7. The Kier molecular flexibility index (Phi) is 10.1. The van der Waals surface area contributed by atoms with Crippen LogP contribution in [-0.4, -0.2) is 55.4 Å². The highest BCUT2D eigenvalue weighted by Crippen LogP contribution is 2.39. The number of nitrogens with zero attached hydrogens (tertiary/aromatic N) is 3. The molecule has 13 heteroatoms. The van der Waals surface area contributed by atoms with Crippen LogP contribution in [0.1, 0.15) is 18.1 Å². The van der Waals surface area contributed by atoms with Crippen molar-refractivity contribution < 1.29 is 36.5 Å². The van der Waals surface area contributed by atoms with Gasteiger partial charge in [0.15, 0.2) is 6.29 Å². The standard InChI is InChI=1S/C27H26F5N3O3S2/c1-18(26(36,15-35-17-33-16-34-35)23-11-8-20(28)12-24(23)29)39-22-13-37-25(38-14-22)5-3-2-4-19-6-9-21(10-7-19)40-27(30,31)32/h2-12,16-18,22,25,36H,13-15H2,1H3/b4-2+,5-3+. The number of aromatic nitrogens is 3. The summed E-state index contributed by atoms with van der Waals surface area (Å²) in [5, 5.41) is 14.9. The van der Waals surface area contributed by atoms with Crippen LogP contribution in [0.2, 0.25) is 0 Å². The van der Waals surface area contributed by atoms with E-state index >= 15 is 0 Å². The molecule has 0 saturated carbocycles. The highest BCUT2D eigenvalue weighted by Gasteiger charge is 2.41. The molecule has 1 saturated heterocycles. The van der Waals surface area contributed by atoms with Gasteiger partial charge in [-0.3, -0.25) is 0 Å². The quantitative estimate of drug-likeness (QED) is 0.169. The van der Waals surface area contributed by atoms with E-state index in [0.717, 1.165) is 17.7 Å². The molecule has 2 aromatic carbocycles. The first-order valence-corrected chi connectivity index (χ1v) is 13.9. The van der Waals surface area contributed by atoms with Crippen LogP contribution < -0.4 is 0 Å². The smallest absolute Gasteiger partial charge is 0.382 e. The molecule has 1 N–H and O–H groups in total. The first kappa shape index (κ1) is 30.3. The van der Waals surface area contributed by atoms with E-state index in [-0.39, 0.29) is 34.0 Å². The predicted octanol–water partition coefficient (Wildman–Crippen LogP) is 6.19. The van der Waals surface area contributed by atoms with Crippen LogP contribution in [-0.2, 0) is 21.6 Å². The van der Waals surface area contributed by atoms with E-state index in [1.54, 1.807) is 43.4 Å². The molecule has 2 heterocycles. The van der Waals surface area contributed by atoms with Crippen LogP contribution in [0.15, 0.2) is 78.2 Å². The summed E-state index contributed by atoms with van der Waals surface area (Å²) in [5.74, 6) is -1.61. The average molecular weight is 600 g/mol. The minimum Gasteiger partial charge on any atom is -0.382 e. The molecular formula is C27H26F5N3O3S2. The third-order valence-corrected chi connectivity index (χ3v) is 8.21. The summed E-state index contributed by atoms with van der Waals surface area (Å²) in [6.45, 7) is 2.25. The Hall–Kier alpha value is -2.71. The van der Waals surface area contributed by atoms with Crippen molar-refractivity contribution in [2.75, 3.05) is 13.2 Å². The Morgan fingerprint density at radius 2 is 1.82 bits per heavy atom. The van der Waals surface area contributed by atoms with Crippen LogP contribution in [0, 0.1) is 11.6 Å². The molecule has 2 atom stereocenters. The molecule has 0 spiro atoms. The molecule has 1 aromatic heterocycles. The largest absolute Gasteiger partial charge is 0.446 e. The Morgan fingerprint density at radius 3 is 2.45 bits per heavy atom. The van der Waals surface area contributed by atoms with E-state index in [1.807, 2.05) is 0 Å². The summed E-state index contributed by atoms with van der Waals surface area (Å²) in [4.78, 5) is 3.99. The Bertz CT molecular complexity index is 1300. The Labute approximate surface area is 236 Å². The molecule has 0 radical (unpaired) electrons. The molecule has 214 valence electrons. The number of ether oxygens (including phenoxy) is 2. The minimum atomic E-state index is -4.32. The Balaban J connectivity index is 1.31. The second kappa shape index (κ2) is 13.3. The summed E-state index contributed by atoms with van der Waals surface area (Å²) in [6.07, 6.45) is 8.99. The molecule has 0 amide bonds. The Morgan fingerprint density at radius 1 is 1.10 bits per heavy atom. The number of allylic oxidation sites excluding steroid dienone is 2. The minimum absolute atomic E-state index is 0.0524. The molecule has 3 aromatic rings. The molecule has 40 heavy (non-hydrogen) atoms. The maximum atomic E-state index is 14.7. The zero-order chi connectivity index (χ0) is 28.8. The molecule has 1 aliphatic rings. The molecule has 6 nitrogen and oxygen atoms in total. The van der Waals surface area contributed by atoms with Crippen LogP contribution in [0.25, 0.3) is 6.08 Å². The highest BCUT2D eigenvalue weighted by molar-refractivity contribution is 8.00. The van der Waals surface area contributed by atoms with Crippen molar-refractivity contribution in [1.82, 2.24) is 14.8 Å². The van der Waals surface area contributed by atoms with Crippen LogP contribution >= 0.6 is 23.5 Å². The van der Waals surface area contributed by atoms with Crippen LogP contribution in [0.4, 0.5) is 22.0 Å². The first-order valence-electron chi connectivity index (χ1n) is 12.1. The van der Waals surface area contributed by atoms with Crippen molar-refractivity contribution in [2.45, 2.75) is 46.3 Å². The number of hydrogen-bond acceptors (Lipinski definition) is 7. The fourth-order valence-corrected chi connectivity index (χ4v) is 5.89. The van der Waals surface area contributed by atoms with Crippen LogP contribution in [0.5, 0.6) is 0 Å². The van der Waals surface area contributed by atoms with E-state index in [2.05, 4.69) is 10.1 Å². The van der Waals surface area contributed by atoms with Gasteiger partial charge >= 0.3 is 5.51 Å². The molecule has 1 aliphatic heterocycles. The molecular weight excluding hydrogens is 573 g/mol. The molecule has 1 fully saturated rings. The monoisotopic (exact) mass is 599 g/mol. The van der Waals surface area contributed by atoms with Crippen molar-refractivity contribution in [2.24, 2.45) is 0 Å². The number of aliphatic hydroxyl groups is 1. The summed E-state index contributed by atoms with van der Waals surface area (Å²) in [7, 11) is 0. The maximum Gasteiger partial charge on any atom is 0.446 e. The number of halogens is 5. The average Bonchev–Trinajstić information content (AvgIpc) is 3.40. The predicted molar refractivity (Wildman–Crippen MR) is 143 cm³/mol. The number of hydrogen-bond donors (Lipinski definition) is 1. The van der Waals surface area contributed by atoms with Crippen molar-refractivity contribution in [3.05, 3.63) is 96.1 Å². The van der Waals surface area contributed by atoms with Gasteiger partial charge in [0.2, 0.25) is 0 Å². The zero-order valence-electron chi connectivity index (χ0n) is 21.2. The number of thioether (sulfide) groups is 2. The third kappa shape index (κ3) is 8.40. The van der Waals surface area contributed by atoms with E-state index in [1.165, 1.54) is 47.3 Å². The summed E-state index contributed by atoms with van der Waals surface area (Å²) >= 11 is 1.20. The maximum absolute atomic E-state index is 14.7. The van der Waals surface area contributed by atoms with Crippen molar-refractivity contribution in [1.29, 1.82) is 0 Å². The second-order valence-electron chi connectivity index (χ2n) is 8.94. The lowest BCUT2D eigenvalue weighted by Gasteiger charge is -2.37. The second-order valence-corrected chi connectivity index (χ2v) is 11.7. The van der Waals surface area contributed by atoms with Gasteiger partial charge in [0.05, 0.1) is 25.0 Å². The number of rotatable bonds is 10. The van der Waals surface area contributed by atoms with Crippen LogP contribution in [0.3, 0.4) is 0 Å².